The van der Waals surface area contributed by atoms with Crippen molar-refractivity contribution in [1.82, 2.24) is 4.98 Å². The van der Waals surface area contributed by atoms with Crippen molar-refractivity contribution in [3.63, 3.8) is 0 Å². The van der Waals surface area contributed by atoms with Crippen LogP contribution in [0.15, 0.2) is 47.8 Å². The van der Waals surface area contributed by atoms with Crippen LogP contribution < -0.4 is 14.4 Å². The molecule has 0 aliphatic rings. The van der Waals surface area contributed by atoms with Crippen LogP contribution in [0.1, 0.15) is 35.5 Å². The maximum Gasteiger partial charge on any atom is 0.416 e. The van der Waals surface area contributed by atoms with Gasteiger partial charge in [0.15, 0.2) is 16.6 Å². The van der Waals surface area contributed by atoms with E-state index < -0.39 is 23.6 Å². The molecule has 3 rings (SSSR count). The Hall–Kier alpha value is -3.60. The van der Waals surface area contributed by atoms with Gasteiger partial charge < -0.3 is 14.2 Å². The summed E-state index contributed by atoms with van der Waals surface area (Å²) in [6.45, 7) is 3.21. The van der Waals surface area contributed by atoms with Crippen LogP contribution in [0.5, 0.6) is 11.5 Å². The predicted octanol–water partition coefficient (Wildman–Crippen LogP) is 5.61. The highest BCUT2D eigenvalue weighted by Gasteiger charge is 2.31. The van der Waals surface area contributed by atoms with Gasteiger partial charge in [-0.1, -0.05) is 6.07 Å². The van der Waals surface area contributed by atoms with Gasteiger partial charge in [-0.25, -0.2) is 9.78 Å². The zero-order chi connectivity index (χ0) is 24.9. The fraction of sp³-hybridized carbons (Fsp3) is 0.261. The number of amides is 1. The molecule has 1 amide bonds. The summed E-state index contributed by atoms with van der Waals surface area (Å²) in [5.41, 5.74) is -0.270. The summed E-state index contributed by atoms with van der Waals surface area (Å²) in [6, 6.07) is 9.02. The number of methoxy groups -OCH3 is 1. The number of anilines is 2. The molecule has 0 spiro atoms. The minimum absolute atomic E-state index is 0.0295. The first-order chi connectivity index (χ1) is 16.1. The van der Waals surface area contributed by atoms with Crippen LogP contribution in [0.25, 0.3) is 0 Å². The van der Waals surface area contributed by atoms with Crippen LogP contribution in [0.4, 0.5) is 24.0 Å². The van der Waals surface area contributed by atoms with Gasteiger partial charge in [-0.05, 0) is 43.3 Å². The number of ether oxygens (including phenoxy) is 3. The lowest BCUT2D eigenvalue weighted by atomic mass is 10.2. The second-order valence-corrected chi connectivity index (χ2v) is 7.74. The van der Waals surface area contributed by atoms with Crippen LogP contribution in [0.2, 0.25) is 0 Å². The number of carbonyl (C=O) groups excluding carboxylic acids is 2. The fourth-order valence-electron chi connectivity index (χ4n) is 3.01. The first kappa shape index (κ1) is 25.0. The third-order valence-electron chi connectivity index (χ3n) is 4.53. The molecule has 0 aliphatic heterocycles. The summed E-state index contributed by atoms with van der Waals surface area (Å²) in [7, 11) is 1.49. The van der Waals surface area contributed by atoms with Crippen molar-refractivity contribution in [3.8, 4) is 11.5 Å². The quantitative estimate of drug-likeness (QED) is 0.379. The lowest BCUT2D eigenvalue weighted by molar-refractivity contribution is -0.137. The van der Waals surface area contributed by atoms with E-state index in [0.717, 1.165) is 28.4 Å². The summed E-state index contributed by atoms with van der Waals surface area (Å²) >= 11 is 1.04. The smallest absolute Gasteiger partial charge is 0.416 e. The number of esters is 1. The summed E-state index contributed by atoms with van der Waals surface area (Å²) in [5.74, 6) is -0.270. The molecule has 1 aromatic heterocycles. The minimum atomic E-state index is -4.55. The van der Waals surface area contributed by atoms with Crippen LogP contribution in [0.3, 0.4) is 0 Å². The van der Waals surface area contributed by atoms with Gasteiger partial charge in [0.1, 0.15) is 6.61 Å². The molecular weight excluding hydrogens is 473 g/mol. The second-order valence-electron chi connectivity index (χ2n) is 6.90. The minimum Gasteiger partial charge on any atom is -0.493 e. The zero-order valence-corrected chi connectivity index (χ0v) is 19.3. The SMILES string of the molecule is CCOc1cc(C(=O)OCc2csc(N(C(C)=O)c3cccc(C(F)(F)F)c3)n2)ccc1OC. The number of alkyl halides is 3. The van der Waals surface area contributed by atoms with Gasteiger partial charge in [-0.3, -0.25) is 9.69 Å². The van der Waals surface area contributed by atoms with Crippen molar-refractivity contribution in [2.45, 2.75) is 26.6 Å². The molecule has 3 aromatic rings. The average molecular weight is 494 g/mol. The van der Waals surface area contributed by atoms with Crippen molar-refractivity contribution < 1.29 is 37.0 Å². The Morgan fingerprint density at radius 1 is 1.12 bits per heavy atom. The van der Waals surface area contributed by atoms with Crippen molar-refractivity contribution in [2.75, 3.05) is 18.6 Å². The highest BCUT2D eigenvalue weighted by atomic mass is 32.1. The van der Waals surface area contributed by atoms with Gasteiger partial charge in [0.2, 0.25) is 5.91 Å². The second kappa shape index (κ2) is 10.6. The van der Waals surface area contributed by atoms with E-state index in [9.17, 15) is 22.8 Å². The summed E-state index contributed by atoms with van der Waals surface area (Å²) in [4.78, 5) is 30.0. The van der Waals surface area contributed by atoms with Gasteiger partial charge in [-0.15, -0.1) is 11.3 Å². The molecular formula is C23H21F3N2O5S. The molecule has 11 heteroatoms. The van der Waals surface area contributed by atoms with Gasteiger partial charge in [0, 0.05) is 12.3 Å². The lowest BCUT2D eigenvalue weighted by Crippen LogP contribution is -2.23. The van der Waals surface area contributed by atoms with E-state index in [4.69, 9.17) is 14.2 Å². The van der Waals surface area contributed by atoms with E-state index in [-0.39, 0.29) is 23.0 Å². The fourth-order valence-corrected chi connectivity index (χ4v) is 3.88. The third kappa shape index (κ3) is 5.84. The maximum atomic E-state index is 13.1. The topological polar surface area (TPSA) is 78.0 Å². The van der Waals surface area contributed by atoms with Crippen LogP contribution in [-0.2, 0) is 22.3 Å². The molecule has 0 saturated carbocycles. The molecule has 0 saturated heterocycles. The van der Waals surface area contributed by atoms with E-state index in [1.807, 2.05) is 0 Å². The number of carbonyl (C=O) groups is 2. The number of hydrogen-bond acceptors (Lipinski definition) is 7. The first-order valence-corrected chi connectivity index (χ1v) is 10.9. The summed E-state index contributed by atoms with van der Waals surface area (Å²) in [6.07, 6.45) is -4.55. The monoisotopic (exact) mass is 494 g/mol. The Labute approximate surface area is 197 Å². The predicted molar refractivity (Wildman–Crippen MR) is 120 cm³/mol. The first-order valence-electron chi connectivity index (χ1n) is 10.0. The van der Waals surface area contributed by atoms with Crippen molar-refractivity contribution in [1.29, 1.82) is 0 Å². The molecule has 2 aromatic carbocycles. The number of benzene rings is 2. The van der Waals surface area contributed by atoms with E-state index in [1.54, 1.807) is 18.4 Å². The van der Waals surface area contributed by atoms with Gasteiger partial charge in [0.25, 0.3) is 0 Å². The van der Waals surface area contributed by atoms with E-state index in [2.05, 4.69) is 4.98 Å². The molecule has 34 heavy (non-hydrogen) atoms. The summed E-state index contributed by atoms with van der Waals surface area (Å²) < 4.78 is 55.2. The highest BCUT2D eigenvalue weighted by molar-refractivity contribution is 7.14. The maximum absolute atomic E-state index is 13.1. The van der Waals surface area contributed by atoms with E-state index >= 15 is 0 Å². The Bertz CT molecular complexity index is 1180. The van der Waals surface area contributed by atoms with Crippen molar-refractivity contribution in [2.24, 2.45) is 0 Å². The average Bonchev–Trinajstić information content (AvgIpc) is 3.25. The van der Waals surface area contributed by atoms with Crippen molar-refractivity contribution in [3.05, 3.63) is 64.7 Å². The molecule has 7 nitrogen and oxygen atoms in total. The largest absolute Gasteiger partial charge is 0.493 e. The Balaban J connectivity index is 1.75. The van der Waals surface area contributed by atoms with Crippen LogP contribution in [-0.4, -0.2) is 30.6 Å². The van der Waals surface area contributed by atoms with Crippen LogP contribution in [0, 0.1) is 0 Å². The molecule has 0 fully saturated rings. The molecule has 0 unspecified atom stereocenters. The van der Waals surface area contributed by atoms with Gasteiger partial charge in [-0.2, -0.15) is 13.2 Å². The number of rotatable bonds is 8. The molecule has 0 aliphatic carbocycles. The number of halogens is 3. The van der Waals surface area contributed by atoms with Gasteiger partial charge in [0.05, 0.1) is 36.2 Å². The highest BCUT2D eigenvalue weighted by Crippen LogP contribution is 2.35. The Morgan fingerprint density at radius 3 is 2.53 bits per heavy atom. The molecule has 0 N–H and O–H groups in total. The van der Waals surface area contributed by atoms with Gasteiger partial charge >= 0.3 is 12.1 Å². The zero-order valence-electron chi connectivity index (χ0n) is 18.5. The van der Waals surface area contributed by atoms with Crippen molar-refractivity contribution >= 4 is 34.0 Å². The molecule has 0 bridgehead atoms. The van der Waals surface area contributed by atoms with E-state index in [0.29, 0.717) is 23.8 Å². The number of thiazole rings is 1. The Kier molecular flexibility index (Phi) is 7.77. The number of aromatic nitrogens is 1. The normalized spacial score (nSPS) is 11.1. The number of hydrogen-bond donors (Lipinski definition) is 0. The summed E-state index contributed by atoms with van der Waals surface area (Å²) in [5, 5.41) is 1.71. The van der Waals surface area contributed by atoms with E-state index in [1.165, 1.54) is 38.3 Å². The number of nitrogens with zero attached hydrogens (tertiary/aromatic N) is 2. The molecule has 0 radical (unpaired) electrons. The Morgan fingerprint density at radius 2 is 1.88 bits per heavy atom. The standard InChI is InChI=1S/C23H21F3N2O5S/c1-4-32-20-10-15(8-9-19(20)31-3)21(30)33-12-17-13-34-22(27-17)28(14(2)29)18-7-5-6-16(11-18)23(24,25)26/h5-11,13H,4,12H2,1-3H3. The lowest BCUT2D eigenvalue weighted by Gasteiger charge is -2.19. The molecule has 180 valence electrons. The molecule has 0 atom stereocenters. The van der Waals surface area contributed by atoms with Crippen LogP contribution >= 0.6 is 11.3 Å². The third-order valence-corrected chi connectivity index (χ3v) is 5.40. The molecule has 1 heterocycles.